The van der Waals surface area contributed by atoms with Crippen LogP contribution in [0, 0.1) is 10.8 Å². The summed E-state index contributed by atoms with van der Waals surface area (Å²) in [5.74, 6) is 0. The SMILES string of the molecule is CCC(N)C(C)(C)C(C)(C)C. The summed E-state index contributed by atoms with van der Waals surface area (Å²) in [6, 6.07) is 0.308. The highest BCUT2D eigenvalue weighted by Crippen LogP contribution is 2.40. The molecule has 68 valence electrons. The molecule has 0 aromatic carbocycles. The molecule has 0 amide bonds. The van der Waals surface area contributed by atoms with E-state index in [1.54, 1.807) is 0 Å². The summed E-state index contributed by atoms with van der Waals surface area (Å²) in [6.45, 7) is 13.4. The Morgan fingerprint density at radius 2 is 1.45 bits per heavy atom. The molecule has 1 unspecified atom stereocenters. The monoisotopic (exact) mass is 157 g/mol. The third kappa shape index (κ3) is 2.19. The highest BCUT2D eigenvalue weighted by molar-refractivity contribution is 4.90. The lowest BCUT2D eigenvalue weighted by molar-refractivity contribution is 0.0945. The Hall–Kier alpha value is -0.0400. The van der Waals surface area contributed by atoms with E-state index in [0.717, 1.165) is 6.42 Å². The minimum absolute atomic E-state index is 0.224. The molecule has 0 aliphatic rings. The Kier molecular flexibility index (Phi) is 3.13. The van der Waals surface area contributed by atoms with Gasteiger partial charge in [-0.2, -0.15) is 0 Å². The van der Waals surface area contributed by atoms with Gasteiger partial charge >= 0.3 is 0 Å². The molecule has 0 heterocycles. The summed E-state index contributed by atoms with van der Waals surface area (Å²) < 4.78 is 0. The van der Waals surface area contributed by atoms with E-state index >= 15 is 0 Å². The molecule has 0 aromatic rings. The van der Waals surface area contributed by atoms with Crippen molar-refractivity contribution in [3.8, 4) is 0 Å². The van der Waals surface area contributed by atoms with Crippen LogP contribution in [0.1, 0.15) is 48.0 Å². The van der Waals surface area contributed by atoms with Crippen LogP contribution in [0.5, 0.6) is 0 Å². The van der Waals surface area contributed by atoms with E-state index in [1.807, 2.05) is 0 Å². The molecule has 0 bridgehead atoms. The van der Waals surface area contributed by atoms with Crippen LogP contribution in [0.4, 0.5) is 0 Å². The molecule has 0 radical (unpaired) electrons. The van der Waals surface area contributed by atoms with Gasteiger partial charge in [-0.05, 0) is 17.3 Å². The van der Waals surface area contributed by atoms with Crippen LogP contribution >= 0.6 is 0 Å². The first kappa shape index (κ1) is 11.0. The maximum atomic E-state index is 6.04. The van der Waals surface area contributed by atoms with E-state index in [1.165, 1.54) is 0 Å². The van der Waals surface area contributed by atoms with Gasteiger partial charge in [0.15, 0.2) is 0 Å². The van der Waals surface area contributed by atoms with Crippen LogP contribution < -0.4 is 5.73 Å². The Morgan fingerprint density at radius 3 is 1.55 bits per heavy atom. The molecule has 0 saturated carbocycles. The Labute approximate surface area is 71.4 Å². The lowest BCUT2D eigenvalue weighted by Crippen LogP contribution is -2.45. The van der Waals surface area contributed by atoms with Crippen molar-refractivity contribution in [3.05, 3.63) is 0 Å². The van der Waals surface area contributed by atoms with E-state index in [0.29, 0.717) is 11.5 Å². The van der Waals surface area contributed by atoms with Gasteiger partial charge in [-0.25, -0.2) is 0 Å². The fourth-order valence-electron chi connectivity index (χ4n) is 1.07. The minimum Gasteiger partial charge on any atom is -0.327 e. The molecule has 0 aliphatic heterocycles. The first-order valence-electron chi connectivity index (χ1n) is 4.49. The second kappa shape index (κ2) is 3.14. The summed E-state index contributed by atoms with van der Waals surface area (Å²) in [7, 11) is 0. The van der Waals surface area contributed by atoms with Crippen LogP contribution in [0.3, 0.4) is 0 Å². The molecule has 1 atom stereocenters. The Bertz CT molecular complexity index is 119. The largest absolute Gasteiger partial charge is 0.327 e. The normalized spacial score (nSPS) is 16.6. The molecule has 0 aromatic heterocycles. The summed E-state index contributed by atoms with van der Waals surface area (Å²) in [5.41, 5.74) is 6.55. The van der Waals surface area contributed by atoms with Crippen molar-refractivity contribution in [2.75, 3.05) is 0 Å². The van der Waals surface area contributed by atoms with Crippen LogP contribution in [-0.4, -0.2) is 6.04 Å². The summed E-state index contributed by atoms with van der Waals surface area (Å²) >= 11 is 0. The summed E-state index contributed by atoms with van der Waals surface area (Å²) in [6.07, 6.45) is 1.06. The zero-order valence-electron chi connectivity index (χ0n) is 8.86. The number of nitrogens with two attached hydrogens (primary N) is 1. The van der Waals surface area contributed by atoms with Gasteiger partial charge in [0, 0.05) is 6.04 Å². The van der Waals surface area contributed by atoms with Gasteiger partial charge in [-0.3, -0.25) is 0 Å². The quantitative estimate of drug-likeness (QED) is 0.655. The van der Waals surface area contributed by atoms with Gasteiger partial charge in [-0.1, -0.05) is 41.5 Å². The van der Waals surface area contributed by atoms with Gasteiger partial charge < -0.3 is 5.73 Å². The predicted molar refractivity (Wildman–Crippen MR) is 51.5 cm³/mol. The third-order valence-electron chi connectivity index (χ3n) is 3.30. The molecule has 0 rings (SSSR count). The maximum absolute atomic E-state index is 6.04. The molecule has 0 spiro atoms. The zero-order valence-corrected chi connectivity index (χ0v) is 8.86. The average Bonchev–Trinajstić information content (AvgIpc) is 1.83. The van der Waals surface area contributed by atoms with Crippen molar-refractivity contribution in [2.24, 2.45) is 16.6 Å². The lowest BCUT2D eigenvalue weighted by atomic mass is 9.64. The first-order valence-corrected chi connectivity index (χ1v) is 4.49. The van der Waals surface area contributed by atoms with Gasteiger partial charge in [0.2, 0.25) is 0 Å². The number of hydrogen-bond donors (Lipinski definition) is 1. The smallest absolute Gasteiger partial charge is 0.00926 e. The van der Waals surface area contributed by atoms with Crippen LogP contribution in [-0.2, 0) is 0 Å². The van der Waals surface area contributed by atoms with Crippen molar-refractivity contribution < 1.29 is 0 Å². The fourth-order valence-corrected chi connectivity index (χ4v) is 1.07. The first-order chi connectivity index (χ1) is 4.73. The fraction of sp³-hybridized carbons (Fsp3) is 1.00. The van der Waals surface area contributed by atoms with Crippen molar-refractivity contribution >= 4 is 0 Å². The van der Waals surface area contributed by atoms with Crippen molar-refractivity contribution in [2.45, 2.75) is 54.0 Å². The summed E-state index contributed by atoms with van der Waals surface area (Å²) in [4.78, 5) is 0. The van der Waals surface area contributed by atoms with Crippen molar-refractivity contribution in [1.29, 1.82) is 0 Å². The molecule has 0 saturated heterocycles. The van der Waals surface area contributed by atoms with Gasteiger partial charge in [0.25, 0.3) is 0 Å². The van der Waals surface area contributed by atoms with Crippen molar-refractivity contribution in [3.63, 3.8) is 0 Å². The van der Waals surface area contributed by atoms with Crippen LogP contribution in [0.2, 0.25) is 0 Å². The Morgan fingerprint density at radius 1 is 1.09 bits per heavy atom. The molecular formula is C10H23N. The second-order valence-electron chi connectivity index (χ2n) is 4.99. The molecule has 11 heavy (non-hydrogen) atoms. The van der Waals surface area contributed by atoms with Crippen LogP contribution in [0.25, 0.3) is 0 Å². The molecule has 0 aliphatic carbocycles. The highest BCUT2D eigenvalue weighted by atomic mass is 14.7. The number of rotatable bonds is 2. The highest BCUT2D eigenvalue weighted by Gasteiger charge is 2.36. The van der Waals surface area contributed by atoms with E-state index in [4.69, 9.17) is 5.73 Å². The van der Waals surface area contributed by atoms with Gasteiger partial charge in [0.05, 0.1) is 0 Å². The summed E-state index contributed by atoms with van der Waals surface area (Å²) in [5, 5.41) is 0. The minimum atomic E-state index is 0.224. The average molecular weight is 157 g/mol. The number of hydrogen-bond acceptors (Lipinski definition) is 1. The standard InChI is InChI=1S/C10H23N/c1-7-8(11)10(5,6)9(2,3)4/h8H,7,11H2,1-6H3. The zero-order chi connectivity index (χ0) is 9.28. The van der Waals surface area contributed by atoms with Gasteiger partial charge in [0.1, 0.15) is 0 Å². The Balaban J connectivity index is 4.45. The molecule has 0 fully saturated rings. The maximum Gasteiger partial charge on any atom is 0.00926 e. The van der Waals surface area contributed by atoms with E-state index in [-0.39, 0.29) is 5.41 Å². The van der Waals surface area contributed by atoms with E-state index in [2.05, 4.69) is 41.5 Å². The molecular weight excluding hydrogens is 134 g/mol. The topological polar surface area (TPSA) is 26.0 Å². The molecule has 1 heteroatoms. The second-order valence-corrected chi connectivity index (χ2v) is 4.99. The molecule has 1 nitrogen and oxygen atoms in total. The van der Waals surface area contributed by atoms with E-state index < -0.39 is 0 Å². The van der Waals surface area contributed by atoms with Gasteiger partial charge in [-0.15, -0.1) is 0 Å². The third-order valence-corrected chi connectivity index (χ3v) is 3.30. The lowest BCUT2D eigenvalue weighted by Gasteiger charge is -2.43. The van der Waals surface area contributed by atoms with Crippen molar-refractivity contribution in [1.82, 2.24) is 0 Å². The van der Waals surface area contributed by atoms with E-state index in [9.17, 15) is 0 Å². The predicted octanol–water partition coefficient (Wildman–Crippen LogP) is 2.80. The van der Waals surface area contributed by atoms with Crippen LogP contribution in [0.15, 0.2) is 0 Å². The molecule has 2 N–H and O–H groups in total.